The molecule has 1 atom stereocenters. The third kappa shape index (κ3) is 4.41. The molecule has 1 heterocycles. The molecular weight excluding hydrogens is 280 g/mol. The van der Waals surface area contributed by atoms with Gasteiger partial charge in [-0.1, -0.05) is 30.3 Å². The highest BCUT2D eigenvalue weighted by Crippen LogP contribution is 2.21. The summed E-state index contributed by atoms with van der Waals surface area (Å²) in [5.41, 5.74) is 5.88. The molecule has 2 rings (SSSR count). The summed E-state index contributed by atoms with van der Waals surface area (Å²) in [4.78, 5) is 37.2. The van der Waals surface area contributed by atoms with Crippen molar-refractivity contribution in [2.75, 3.05) is 6.54 Å². The minimum atomic E-state index is -0.384. The summed E-state index contributed by atoms with van der Waals surface area (Å²) < 4.78 is 0. The van der Waals surface area contributed by atoms with Crippen molar-refractivity contribution < 1.29 is 14.4 Å². The Balaban J connectivity index is 1.90. The fourth-order valence-corrected chi connectivity index (χ4v) is 2.91. The first kappa shape index (κ1) is 16.2. The van der Waals surface area contributed by atoms with E-state index in [9.17, 15) is 14.4 Å². The first-order valence-corrected chi connectivity index (χ1v) is 7.74. The molecular formula is C17H22N2O3. The third-order valence-corrected chi connectivity index (χ3v) is 4.05. The largest absolute Gasteiger partial charge is 0.370 e. The topological polar surface area (TPSA) is 80.5 Å². The summed E-state index contributed by atoms with van der Waals surface area (Å²) in [6.45, 7) is 0.649. The van der Waals surface area contributed by atoms with Crippen LogP contribution in [0.4, 0.5) is 0 Å². The molecule has 1 aromatic carbocycles. The van der Waals surface area contributed by atoms with Crippen molar-refractivity contribution in [1.29, 1.82) is 0 Å². The van der Waals surface area contributed by atoms with Gasteiger partial charge in [0.05, 0.1) is 0 Å². The maximum absolute atomic E-state index is 12.3. The standard InChI is InChI=1S/C17H22N2O3/c18-16(21)12-14-8-4-5-11-19(14)17(22)10-9-15(20)13-6-2-1-3-7-13/h1-3,6-7,14H,4-5,8-12H2,(H2,18,21)/t14-/m0/s1. The van der Waals surface area contributed by atoms with Gasteiger partial charge in [-0.2, -0.15) is 0 Å². The van der Waals surface area contributed by atoms with E-state index in [0.29, 0.717) is 12.1 Å². The predicted octanol–water partition coefficient (Wildman–Crippen LogP) is 1.91. The number of amides is 2. The first-order valence-electron chi connectivity index (χ1n) is 7.74. The maximum Gasteiger partial charge on any atom is 0.223 e. The molecule has 0 saturated carbocycles. The zero-order valence-electron chi connectivity index (χ0n) is 12.7. The summed E-state index contributed by atoms with van der Waals surface area (Å²) in [5.74, 6) is -0.474. The molecule has 1 aliphatic heterocycles. The number of carbonyl (C=O) groups is 3. The van der Waals surface area contributed by atoms with E-state index in [0.717, 1.165) is 19.3 Å². The second-order valence-corrected chi connectivity index (χ2v) is 5.70. The van der Waals surface area contributed by atoms with Gasteiger partial charge in [0.1, 0.15) is 0 Å². The smallest absolute Gasteiger partial charge is 0.223 e. The van der Waals surface area contributed by atoms with Crippen molar-refractivity contribution in [2.24, 2.45) is 5.73 Å². The Morgan fingerprint density at radius 1 is 1.09 bits per heavy atom. The number of piperidine rings is 1. The molecule has 0 spiro atoms. The van der Waals surface area contributed by atoms with Crippen LogP contribution in [0.3, 0.4) is 0 Å². The Hall–Kier alpha value is -2.17. The van der Waals surface area contributed by atoms with Gasteiger partial charge in [0.2, 0.25) is 11.8 Å². The normalized spacial score (nSPS) is 18.0. The first-order chi connectivity index (χ1) is 10.6. The van der Waals surface area contributed by atoms with Crippen LogP contribution in [0, 0.1) is 0 Å². The highest BCUT2D eigenvalue weighted by Gasteiger charge is 2.27. The summed E-state index contributed by atoms with van der Waals surface area (Å²) in [6.07, 6.45) is 3.34. The van der Waals surface area contributed by atoms with Gasteiger partial charge in [-0.15, -0.1) is 0 Å². The van der Waals surface area contributed by atoms with Gasteiger partial charge in [0, 0.05) is 37.4 Å². The number of nitrogens with two attached hydrogens (primary N) is 1. The van der Waals surface area contributed by atoms with Gasteiger partial charge in [0.15, 0.2) is 5.78 Å². The third-order valence-electron chi connectivity index (χ3n) is 4.05. The molecule has 1 aromatic rings. The van der Waals surface area contributed by atoms with Crippen LogP contribution in [0.5, 0.6) is 0 Å². The van der Waals surface area contributed by atoms with Crippen molar-refractivity contribution >= 4 is 17.6 Å². The Morgan fingerprint density at radius 2 is 1.82 bits per heavy atom. The highest BCUT2D eigenvalue weighted by molar-refractivity contribution is 5.97. The molecule has 1 fully saturated rings. The molecule has 0 unspecified atom stereocenters. The van der Waals surface area contributed by atoms with Crippen LogP contribution in [0.25, 0.3) is 0 Å². The van der Waals surface area contributed by atoms with E-state index in [1.54, 1.807) is 17.0 Å². The lowest BCUT2D eigenvalue weighted by atomic mass is 9.98. The number of ketones is 1. The highest BCUT2D eigenvalue weighted by atomic mass is 16.2. The molecule has 0 radical (unpaired) electrons. The fourth-order valence-electron chi connectivity index (χ4n) is 2.91. The van der Waals surface area contributed by atoms with Gasteiger partial charge in [-0.25, -0.2) is 0 Å². The molecule has 0 bridgehead atoms. The average molecular weight is 302 g/mol. The van der Waals surface area contributed by atoms with Crippen molar-refractivity contribution in [3.8, 4) is 0 Å². The Morgan fingerprint density at radius 3 is 2.50 bits per heavy atom. The maximum atomic E-state index is 12.3. The SMILES string of the molecule is NC(=O)C[C@@H]1CCCCN1C(=O)CCC(=O)c1ccccc1. The number of hydrogen-bond acceptors (Lipinski definition) is 3. The molecule has 22 heavy (non-hydrogen) atoms. The van der Waals surface area contributed by atoms with Crippen LogP contribution >= 0.6 is 0 Å². The Kier molecular flexibility index (Phi) is 5.69. The lowest BCUT2D eigenvalue weighted by molar-refractivity contribution is -0.135. The van der Waals surface area contributed by atoms with Gasteiger partial charge >= 0.3 is 0 Å². The van der Waals surface area contributed by atoms with Crippen molar-refractivity contribution in [2.45, 2.75) is 44.6 Å². The van der Waals surface area contributed by atoms with Crippen LogP contribution in [0.1, 0.15) is 48.9 Å². The number of Topliss-reactive ketones (excluding diaryl/α,β-unsaturated/α-hetero) is 1. The molecule has 118 valence electrons. The van der Waals surface area contributed by atoms with Crippen LogP contribution in [-0.4, -0.2) is 35.1 Å². The molecule has 1 saturated heterocycles. The number of carbonyl (C=O) groups excluding carboxylic acids is 3. The minimum Gasteiger partial charge on any atom is -0.370 e. The summed E-state index contributed by atoms with van der Waals surface area (Å²) >= 11 is 0. The summed E-state index contributed by atoms with van der Waals surface area (Å²) in [5, 5.41) is 0. The van der Waals surface area contributed by atoms with E-state index in [1.165, 1.54) is 0 Å². The Labute approximate surface area is 130 Å². The van der Waals surface area contributed by atoms with E-state index in [2.05, 4.69) is 0 Å². The fraction of sp³-hybridized carbons (Fsp3) is 0.471. The molecule has 2 amide bonds. The van der Waals surface area contributed by atoms with E-state index in [4.69, 9.17) is 5.73 Å². The zero-order chi connectivity index (χ0) is 15.9. The van der Waals surface area contributed by atoms with Crippen LogP contribution in [0.15, 0.2) is 30.3 Å². The van der Waals surface area contributed by atoms with Gasteiger partial charge < -0.3 is 10.6 Å². The van der Waals surface area contributed by atoms with Crippen molar-refractivity contribution in [1.82, 2.24) is 4.90 Å². The lowest BCUT2D eigenvalue weighted by Gasteiger charge is -2.35. The van der Waals surface area contributed by atoms with Crippen LogP contribution in [0.2, 0.25) is 0 Å². The molecule has 2 N–H and O–H groups in total. The number of benzene rings is 1. The van der Waals surface area contributed by atoms with Gasteiger partial charge in [-0.05, 0) is 19.3 Å². The van der Waals surface area contributed by atoms with E-state index >= 15 is 0 Å². The second-order valence-electron chi connectivity index (χ2n) is 5.70. The average Bonchev–Trinajstić information content (AvgIpc) is 2.53. The number of rotatable bonds is 6. The molecule has 1 aliphatic rings. The molecule has 5 nitrogen and oxygen atoms in total. The molecule has 0 aliphatic carbocycles. The zero-order valence-corrected chi connectivity index (χ0v) is 12.7. The number of hydrogen-bond donors (Lipinski definition) is 1. The van der Waals surface area contributed by atoms with Crippen molar-refractivity contribution in [3.05, 3.63) is 35.9 Å². The predicted molar refractivity (Wildman–Crippen MR) is 83.2 cm³/mol. The molecule has 5 heteroatoms. The van der Waals surface area contributed by atoms with Crippen LogP contribution < -0.4 is 5.73 Å². The lowest BCUT2D eigenvalue weighted by Crippen LogP contribution is -2.45. The minimum absolute atomic E-state index is 0.0302. The van der Waals surface area contributed by atoms with Gasteiger partial charge in [0.25, 0.3) is 0 Å². The van der Waals surface area contributed by atoms with E-state index < -0.39 is 0 Å². The van der Waals surface area contributed by atoms with Crippen LogP contribution in [-0.2, 0) is 9.59 Å². The Bertz CT molecular complexity index is 542. The monoisotopic (exact) mass is 302 g/mol. The second kappa shape index (κ2) is 7.73. The summed E-state index contributed by atoms with van der Waals surface area (Å²) in [6, 6.07) is 8.87. The number of primary amides is 1. The van der Waals surface area contributed by atoms with Gasteiger partial charge in [-0.3, -0.25) is 14.4 Å². The quantitative estimate of drug-likeness (QED) is 0.815. The number of likely N-dealkylation sites (tertiary alicyclic amines) is 1. The number of nitrogens with zero attached hydrogens (tertiary/aromatic N) is 1. The van der Waals surface area contributed by atoms with Crippen molar-refractivity contribution in [3.63, 3.8) is 0 Å². The van der Waals surface area contributed by atoms with E-state index in [-0.39, 0.29) is 42.9 Å². The molecule has 0 aromatic heterocycles. The van der Waals surface area contributed by atoms with E-state index in [1.807, 2.05) is 18.2 Å². The summed E-state index contributed by atoms with van der Waals surface area (Å²) in [7, 11) is 0.